The summed E-state index contributed by atoms with van der Waals surface area (Å²) in [6.07, 6.45) is 1.85. The van der Waals surface area contributed by atoms with Crippen molar-refractivity contribution in [1.29, 1.82) is 0 Å². The van der Waals surface area contributed by atoms with Gasteiger partial charge in [-0.05, 0) is 49.7 Å². The first-order valence-corrected chi connectivity index (χ1v) is 11.8. The lowest BCUT2D eigenvalue weighted by molar-refractivity contribution is -0.114. The van der Waals surface area contributed by atoms with Gasteiger partial charge in [0, 0.05) is 36.8 Å². The number of amides is 1. The molecule has 0 aliphatic rings. The van der Waals surface area contributed by atoms with Gasteiger partial charge < -0.3 is 25.4 Å². The van der Waals surface area contributed by atoms with E-state index in [0.29, 0.717) is 39.8 Å². The average Bonchev–Trinajstić information content (AvgIpc) is 3.51. The molecule has 0 saturated heterocycles. The number of carbonyl (C=O) groups is 1. The van der Waals surface area contributed by atoms with Gasteiger partial charge in [-0.25, -0.2) is 0 Å². The molecule has 11 heteroatoms. The van der Waals surface area contributed by atoms with Crippen LogP contribution in [0.15, 0.2) is 63.9 Å². The minimum atomic E-state index is -0.311. The van der Waals surface area contributed by atoms with Crippen LogP contribution in [-0.4, -0.2) is 30.6 Å². The van der Waals surface area contributed by atoms with E-state index in [4.69, 9.17) is 10.2 Å². The molecule has 1 amide bonds. The summed E-state index contributed by atoms with van der Waals surface area (Å²) in [5, 5.41) is 14.7. The van der Waals surface area contributed by atoms with Gasteiger partial charge in [-0.1, -0.05) is 18.2 Å². The molecule has 0 aliphatic carbocycles. The lowest BCUT2D eigenvalue weighted by Crippen LogP contribution is -2.14. The Labute approximate surface area is 211 Å². The number of nitrogens with one attached hydrogen (secondary N) is 3. The number of hydrogen-bond acceptors (Lipinski definition) is 8. The Kier molecular flexibility index (Phi) is 6.28. The topological polar surface area (TPSA) is 157 Å². The van der Waals surface area contributed by atoms with Gasteiger partial charge in [0.05, 0.1) is 16.8 Å². The van der Waals surface area contributed by atoms with Crippen molar-refractivity contribution in [2.45, 2.75) is 33.4 Å². The van der Waals surface area contributed by atoms with Gasteiger partial charge in [0.1, 0.15) is 5.65 Å². The van der Waals surface area contributed by atoms with Crippen molar-refractivity contribution >= 4 is 34.3 Å². The molecule has 0 fully saturated rings. The van der Waals surface area contributed by atoms with Gasteiger partial charge in [-0.15, -0.1) is 10.2 Å². The maximum atomic E-state index is 13.0. The zero-order chi connectivity index (χ0) is 26.1. The van der Waals surface area contributed by atoms with E-state index in [1.807, 2.05) is 54.9 Å². The second kappa shape index (κ2) is 9.70. The van der Waals surface area contributed by atoms with E-state index in [0.717, 1.165) is 11.1 Å². The number of fused-ring (bicyclic) bond motifs is 1. The van der Waals surface area contributed by atoms with Crippen LogP contribution in [0.5, 0.6) is 0 Å². The number of aromatic amines is 1. The van der Waals surface area contributed by atoms with Crippen LogP contribution in [0.3, 0.4) is 0 Å². The van der Waals surface area contributed by atoms with Crippen molar-refractivity contribution in [1.82, 2.24) is 24.7 Å². The third-order valence-corrected chi connectivity index (χ3v) is 5.81. The molecule has 3 heterocycles. The van der Waals surface area contributed by atoms with Crippen molar-refractivity contribution in [3.05, 3.63) is 70.6 Å². The number of hydrogen-bond donors (Lipinski definition) is 4. The summed E-state index contributed by atoms with van der Waals surface area (Å²) in [7, 11) is 0. The second-order valence-corrected chi connectivity index (χ2v) is 8.82. The summed E-state index contributed by atoms with van der Waals surface area (Å²) in [6, 6.07) is 14.7. The molecule has 5 rings (SSSR count). The first kappa shape index (κ1) is 23.9. The largest absolute Gasteiger partial charge is 0.416 e. The van der Waals surface area contributed by atoms with E-state index in [9.17, 15) is 9.59 Å². The predicted octanol–water partition coefficient (Wildman–Crippen LogP) is 4.18. The fourth-order valence-corrected chi connectivity index (χ4v) is 4.08. The first-order valence-electron chi connectivity index (χ1n) is 11.8. The van der Waals surface area contributed by atoms with Gasteiger partial charge >= 0.3 is 0 Å². The Morgan fingerprint density at radius 1 is 1.08 bits per heavy atom. The van der Waals surface area contributed by atoms with Gasteiger partial charge in [0.25, 0.3) is 5.56 Å². The standard InChI is InChI=1S/C26H26N8O3/c1-14(2)34-13-18(12-27)21-22(34)30-26(31-23(21)36)29-20-11-17(9-10-19(20)28-15(3)35)25-33-32-24(37-25)16-7-5-4-6-8-16/h4-11,13-14H,12,27H2,1-3H3,(H,28,35)(H2,29,30,31,36). The molecule has 188 valence electrons. The molecule has 37 heavy (non-hydrogen) atoms. The fraction of sp³-hybridized carbons (Fsp3) is 0.192. The number of rotatable bonds is 7. The van der Waals surface area contributed by atoms with Gasteiger partial charge in [-0.2, -0.15) is 4.98 Å². The molecule has 2 aromatic carbocycles. The van der Waals surface area contributed by atoms with Gasteiger partial charge in [0.2, 0.25) is 23.6 Å². The normalized spacial score (nSPS) is 11.3. The van der Waals surface area contributed by atoms with Crippen molar-refractivity contribution in [3.8, 4) is 22.9 Å². The smallest absolute Gasteiger partial charge is 0.262 e. The van der Waals surface area contributed by atoms with E-state index in [2.05, 4.69) is 30.8 Å². The van der Waals surface area contributed by atoms with Crippen LogP contribution < -0.4 is 21.9 Å². The molecule has 0 spiro atoms. The van der Waals surface area contributed by atoms with Crippen molar-refractivity contribution in [2.75, 3.05) is 10.6 Å². The summed E-state index contributed by atoms with van der Waals surface area (Å²) in [6.45, 7) is 5.64. The SMILES string of the molecule is CC(=O)Nc1ccc(-c2nnc(-c3ccccc3)o2)cc1Nc1nc2c(c(CN)cn2C(C)C)c(=O)[nH]1. The Morgan fingerprint density at radius 2 is 1.81 bits per heavy atom. The van der Waals surface area contributed by atoms with Crippen LogP contribution in [0, 0.1) is 0 Å². The van der Waals surface area contributed by atoms with Crippen molar-refractivity contribution in [2.24, 2.45) is 5.73 Å². The Balaban J connectivity index is 1.56. The Hall–Kier alpha value is -4.77. The number of aromatic nitrogens is 5. The quantitative estimate of drug-likeness (QED) is 0.260. The molecule has 5 N–H and O–H groups in total. The number of H-pyrrole nitrogens is 1. The van der Waals surface area contributed by atoms with Crippen molar-refractivity contribution < 1.29 is 9.21 Å². The Morgan fingerprint density at radius 3 is 2.49 bits per heavy atom. The van der Waals surface area contributed by atoms with Crippen molar-refractivity contribution in [3.63, 3.8) is 0 Å². The molecule has 0 bridgehead atoms. The van der Waals surface area contributed by atoms with E-state index in [-0.39, 0.29) is 30.0 Å². The lowest BCUT2D eigenvalue weighted by Gasteiger charge is -2.14. The highest BCUT2D eigenvalue weighted by atomic mass is 16.4. The predicted molar refractivity (Wildman–Crippen MR) is 141 cm³/mol. The van der Waals surface area contributed by atoms with Crippen LogP contribution in [0.2, 0.25) is 0 Å². The third-order valence-electron chi connectivity index (χ3n) is 5.81. The Bertz CT molecular complexity index is 1650. The third kappa shape index (κ3) is 4.71. The lowest BCUT2D eigenvalue weighted by atomic mass is 10.1. The number of benzene rings is 2. The van der Waals surface area contributed by atoms with Crippen LogP contribution in [0.1, 0.15) is 32.4 Å². The summed E-state index contributed by atoms with van der Waals surface area (Å²) >= 11 is 0. The molecule has 0 saturated carbocycles. The molecule has 0 atom stereocenters. The highest BCUT2D eigenvalue weighted by Crippen LogP contribution is 2.32. The highest BCUT2D eigenvalue weighted by molar-refractivity contribution is 5.94. The zero-order valence-electron chi connectivity index (χ0n) is 20.6. The van der Waals surface area contributed by atoms with Crippen LogP contribution in [-0.2, 0) is 11.3 Å². The van der Waals surface area contributed by atoms with Crippen LogP contribution in [0.25, 0.3) is 33.9 Å². The van der Waals surface area contributed by atoms with Crippen LogP contribution >= 0.6 is 0 Å². The summed E-state index contributed by atoms with van der Waals surface area (Å²) in [5.41, 5.74) is 9.18. The molecule has 3 aromatic heterocycles. The van der Waals surface area contributed by atoms with Crippen LogP contribution in [0.4, 0.5) is 17.3 Å². The minimum absolute atomic E-state index is 0.0690. The monoisotopic (exact) mass is 498 g/mol. The van der Waals surface area contributed by atoms with Gasteiger partial charge in [-0.3, -0.25) is 14.6 Å². The number of nitrogens with zero attached hydrogens (tertiary/aromatic N) is 4. The fourth-order valence-electron chi connectivity index (χ4n) is 4.08. The van der Waals surface area contributed by atoms with Gasteiger partial charge in [0.15, 0.2) is 0 Å². The average molecular weight is 499 g/mol. The highest BCUT2D eigenvalue weighted by Gasteiger charge is 2.18. The number of nitrogens with two attached hydrogens (primary N) is 1. The molecular formula is C26H26N8O3. The molecule has 0 radical (unpaired) electrons. The molecule has 5 aromatic rings. The van der Waals surface area contributed by atoms with E-state index in [1.165, 1.54) is 6.92 Å². The summed E-state index contributed by atoms with van der Waals surface area (Å²) < 4.78 is 7.80. The molecule has 0 unspecified atom stereocenters. The second-order valence-electron chi connectivity index (χ2n) is 8.82. The molecule has 11 nitrogen and oxygen atoms in total. The van der Waals surface area contributed by atoms with E-state index in [1.54, 1.807) is 18.2 Å². The first-order chi connectivity index (χ1) is 17.8. The van der Waals surface area contributed by atoms with E-state index >= 15 is 0 Å². The van der Waals surface area contributed by atoms with E-state index < -0.39 is 0 Å². The maximum Gasteiger partial charge on any atom is 0.262 e. The molecular weight excluding hydrogens is 472 g/mol. The number of anilines is 3. The minimum Gasteiger partial charge on any atom is -0.416 e. The number of carbonyl (C=O) groups excluding carboxylic acids is 1. The summed E-state index contributed by atoms with van der Waals surface area (Å²) in [4.78, 5) is 32.3. The zero-order valence-corrected chi connectivity index (χ0v) is 20.6. The molecule has 0 aliphatic heterocycles. The summed E-state index contributed by atoms with van der Waals surface area (Å²) in [5.74, 6) is 0.644. The maximum absolute atomic E-state index is 13.0.